The smallest absolute Gasteiger partial charge is 0.341 e. The molecule has 15 heavy (non-hydrogen) atoms. The molecule has 0 aliphatic carbocycles. The zero-order chi connectivity index (χ0) is 11.8. The number of carbonyl (C=O) groups is 2. The summed E-state index contributed by atoms with van der Waals surface area (Å²) in [7, 11) is 0. The standard InChI is InChI=1S/C12H20O3/c1-5-7-11(13)10(8-9(3)4)12(14)15-6-2/h8-9H,5-7H2,1-4H3/b10-8+. The van der Waals surface area contributed by atoms with Crippen LogP contribution < -0.4 is 0 Å². The van der Waals surface area contributed by atoms with E-state index in [1.807, 2.05) is 20.8 Å². The molecule has 3 nitrogen and oxygen atoms in total. The number of allylic oxidation sites excluding steroid dienone is 1. The van der Waals surface area contributed by atoms with Crippen molar-refractivity contribution in [3.05, 3.63) is 11.6 Å². The van der Waals surface area contributed by atoms with Gasteiger partial charge in [0, 0.05) is 6.42 Å². The second-order valence-corrected chi connectivity index (χ2v) is 3.72. The van der Waals surface area contributed by atoms with Crippen LogP contribution >= 0.6 is 0 Å². The Bertz CT molecular complexity index is 232. The molecule has 0 spiro atoms. The quantitative estimate of drug-likeness (QED) is 0.294. The molecule has 0 aliphatic rings. The third-order valence-corrected chi connectivity index (χ3v) is 1.77. The molecule has 0 saturated heterocycles. The van der Waals surface area contributed by atoms with Gasteiger partial charge in [-0.3, -0.25) is 4.79 Å². The lowest BCUT2D eigenvalue weighted by Crippen LogP contribution is -2.16. The van der Waals surface area contributed by atoms with Gasteiger partial charge in [0.25, 0.3) is 0 Å². The van der Waals surface area contributed by atoms with E-state index in [1.54, 1.807) is 13.0 Å². The summed E-state index contributed by atoms with van der Waals surface area (Å²) in [5.74, 6) is -0.445. The molecule has 0 radical (unpaired) electrons. The van der Waals surface area contributed by atoms with E-state index >= 15 is 0 Å². The van der Waals surface area contributed by atoms with Gasteiger partial charge in [0.2, 0.25) is 0 Å². The number of carbonyl (C=O) groups excluding carboxylic acids is 2. The lowest BCUT2D eigenvalue weighted by Gasteiger charge is -2.06. The third kappa shape index (κ3) is 5.35. The summed E-state index contributed by atoms with van der Waals surface area (Å²) in [5, 5.41) is 0. The predicted molar refractivity (Wildman–Crippen MR) is 59.5 cm³/mol. The van der Waals surface area contributed by atoms with E-state index in [0.29, 0.717) is 13.0 Å². The topological polar surface area (TPSA) is 43.4 Å². The summed E-state index contributed by atoms with van der Waals surface area (Å²) >= 11 is 0. The Hall–Kier alpha value is -1.12. The largest absolute Gasteiger partial charge is 0.462 e. The van der Waals surface area contributed by atoms with Crippen molar-refractivity contribution < 1.29 is 14.3 Å². The molecular formula is C12H20O3. The first-order valence-electron chi connectivity index (χ1n) is 5.45. The highest BCUT2D eigenvalue weighted by Crippen LogP contribution is 2.09. The van der Waals surface area contributed by atoms with Gasteiger partial charge in [-0.25, -0.2) is 4.79 Å². The van der Waals surface area contributed by atoms with Crippen molar-refractivity contribution in [2.75, 3.05) is 6.61 Å². The minimum atomic E-state index is -0.496. The lowest BCUT2D eigenvalue weighted by molar-refractivity contribution is -0.140. The molecular weight excluding hydrogens is 192 g/mol. The molecule has 0 aromatic rings. The Morgan fingerprint density at radius 2 is 1.87 bits per heavy atom. The van der Waals surface area contributed by atoms with Gasteiger partial charge in [0.05, 0.1) is 12.2 Å². The predicted octanol–water partition coefficient (Wildman–Crippen LogP) is 2.50. The number of Topliss-reactive ketones (excluding diaryl/α,β-unsaturated/α-hetero) is 1. The second kappa shape index (κ2) is 7.21. The second-order valence-electron chi connectivity index (χ2n) is 3.72. The van der Waals surface area contributed by atoms with Crippen molar-refractivity contribution in [1.82, 2.24) is 0 Å². The van der Waals surface area contributed by atoms with Gasteiger partial charge >= 0.3 is 5.97 Å². The fraction of sp³-hybridized carbons (Fsp3) is 0.667. The molecule has 3 heteroatoms. The van der Waals surface area contributed by atoms with Gasteiger partial charge in [0.15, 0.2) is 5.78 Å². The summed E-state index contributed by atoms with van der Waals surface area (Å²) in [6.45, 7) is 7.80. The highest BCUT2D eigenvalue weighted by Gasteiger charge is 2.18. The maximum absolute atomic E-state index is 11.6. The first-order valence-corrected chi connectivity index (χ1v) is 5.45. The third-order valence-electron chi connectivity index (χ3n) is 1.77. The van der Waals surface area contributed by atoms with Crippen molar-refractivity contribution in [2.24, 2.45) is 5.92 Å². The number of hydrogen-bond acceptors (Lipinski definition) is 3. The average molecular weight is 212 g/mol. The Morgan fingerprint density at radius 3 is 2.27 bits per heavy atom. The van der Waals surface area contributed by atoms with Crippen LogP contribution in [0.15, 0.2) is 11.6 Å². The lowest BCUT2D eigenvalue weighted by atomic mass is 10.0. The maximum Gasteiger partial charge on any atom is 0.341 e. The van der Waals surface area contributed by atoms with E-state index in [9.17, 15) is 9.59 Å². The number of rotatable bonds is 6. The van der Waals surface area contributed by atoms with E-state index in [0.717, 1.165) is 6.42 Å². The highest BCUT2D eigenvalue weighted by atomic mass is 16.5. The molecule has 0 N–H and O–H groups in total. The zero-order valence-corrected chi connectivity index (χ0v) is 10.0. The Morgan fingerprint density at radius 1 is 1.27 bits per heavy atom. The van der Waals surface area contributed by atoms with Crippen molar-refractivity contribution in [3.63, 3.8) is 0 Å². The van der Waals surface area contributed by atoms with Gasteiger partial charge in [-0.05, 0) is 19.3 Å². The normalized spacial score (nSPS) is 11.7. The van der Waals surface area contributed by atoms with Crippen molar-refractivity contribution in [2.45, 2.75) is 40.5 Å². The molecule has 0 fully saturated rings. The molecule has 0 aromatic carbocycles. The van der Waals surface area contributed by atoms with Gasteiger partial charge in [0.1, 0.15) is 0 Å². The summed E-state index contributed by atoms with van der Waals surface area (Å²) in [6.07, 6.45) is 2.82. The summed E-state index contributed by atoms with van der Waals surface area (Å²) in [4.78, 5) is 23.1. The summed E-state index contributed by atoms with van der Waals surface area (Å²) in [5.41, 5.74) is 0.203. The maximum atomic E-state index is 11.6. The molecule has 0 heterocycles. The van der Waals surface area contributed by atoms with Crippen LogP contribution in [-0.4, -0.2) is 18.4 Å². The highest BCUT2D eigenvalue weighted by molar-refractivity contribution is 6.17. The van der Waals surface area contributed by atoms with E-state index in [2.05, 4.69) is 0 Å². The van der Waals surface area contributed by atoms with E-state index in [-0.39, 0.29) is 17.3 Å². The van der Waals surface area contributed by atoms with Crippen LogP contribution in [0, 0.1) is 5.92 Å². The van der Waals surface area contributed by atoms with E-state index < -0.39 is 5.97 Å². The van der Waals surface area contributed by atoms with Gasteiger partial charge in [-0.1, -0.05) is 26.8 Å². The van der Waals surface area contributed by atoms with Crippen molar-refractivity contribution in [3.8, 4) is 0 Å². The average Bonchev–Trinajstić information content (AvgIpc) is 2.14. The Labute approximate surface area is 91.5 Å². The summed E-state index contributed by atoms with van der Waals surface area (Å²) in [6, 6.07) is 0. The van der Waals surface area contributed by atoms with Crippen LogP contribution in [0.2, 0.25) is 0 Å². The van der Waals surface area contributed by atoms with Gasteiger partial charge in [-0.15, -0.1) is 0 Å². The number of hydrogen-bond donors (Lipinski definition) is 0. The van der Waals surface area contributed by atoms with Crippen molar-refractivity contribution >= 4 is 11.8 Å². The van der Waals surface area contributed by atoms with Gasteiger partial charge < -0.3 is 4.74 Å². The molecule has 0 saturated carbocycles. The fourth-order valence-corrected chi connectivity index (χ4v) is 1.18. The first kappa shape index (κ1) is 13.9. The van der Waals surface area contributed by atoms with Crippen LogP contribution in [0.25, 0.3) is 0 Å². The van der Waals surface area contributed by atoms with E-state index in [4.69, 9.17) is 4.74 Å². The van der Waals surface area contributed by atoms with Crippen LogP contribution in [-0.2, 0) is 14.3 Å². The molecule has 0 rings (SSSR count). The van der Waals surface area contributed by atoms with Crippen LogP contribution in [0.1, 0.15) is 40.5 Å². The minimum Gasteiger partial charge on any atom is -0.462 e. The van der Waals surface area contributed by atoms with Gasteiger partial charge in [-0.2, -0.15) is 0 Å². The molecule has 0 bridgehead atoms. The van der Waals surface area contributed by atoms with E-state index in [1.165, 1.54) is 0 Å². The minimum absolute atomic E-state index is 0.121. The fourth-order valence-electron chi connectivity index (χ4n) is 1.18. The zero-order valence-electron chi connectivity index (χ0n) is 10.0. The molecule has 86 valence electrons. The molecule has 0 aliphatic heterocycles. The number of esters is 1. The molecule has 0 atom stereocenters. The number of ether oxygens (including phenoxy) is 1. The molecule has 0 amide bonds. The van der Waals surface area contributed by atoms with Crippen molar-refractivity contribution in [1.29, 1.82) is 0 Å². The monoisotopic (exact) mass is 212 g/mol. The number of ketones is 1. The molecule has 0 unspecified atom stereocenters. The summed E-state index contributed by atoms with van der Waals surface area (Å²) < 4.78 is 4.84. The Balaban J connectivity index is 4.73. The SMILES string of the molecule is CCCC(=O)/C(=C\C(C)C)C(=O)OCC. The first-order chi connectivity index (χ1) is 7.02. The Kier molecular flexibility index (Phi) is 6.67. The van der Waals surface area contributed by atoms with Crippen LogP contribution in [0.3, 0.4) is 0 Å². The molecule has 0 aromatic heterocycles. The van der Waals surface area contributed by atoms with Crippen LogP contribution in [0.4, 0.5) is 0 Å². The van der Waals surface area contributed by atoms with Crippen LogP contribution in [0.5, 0.6) is 0 Å².